The Labute approximate surface area is 130 Å². The molecule has 118 valence electrons. The van der Waals surface area contributed by atoms with Crippen molar-refractivity contribution < 1.29 is 14.3 Å². The summed E-state index contributed by atoms with van der Waals surface area (Å²) in [6, 6.07) is 6.79. The molecule has 0 N–H and O–H groups in total. The Bertz CT molecular complexity index is 548. The first-order valence-corrected chi connectivity index (χ1v) is 7.95. The van der Waals surface area contributed by atoms with Gasteiger partial charge in [0.25, 0.3) is 5.91 Å². The molecule has 1 aromatic carbocycles. The average molecular weight is 302 g/mol. The average Bonchev–Trinajstić information content (AvgIpc) is 2.74. The highest BCUT2D eigenvalue weighted by molar-refractivity contribution is 6.22. The fourth-order valence-corrected chi connectivity index (χ4v) is 3.31. The Morgan fingerprint density at radius 1 is 1.00 bits per heavy atom. The molecule has 0 aromatic heterocycles. The number of imide groups is 1. The second kappa shape index (κ2) is 6.48. The van der Waals surface area contributed by atoms with Crippen LogP contribution in [0.4, 0.5) is 5.69 Å². The second-order valence-corrected chi connectivity index (χ2v) is 5.94. The molecule has 1 unspecified atom stereocenters. The Kier molecular flexibility index (Phi) is 4.43. The van der Waals surface area contributed by atoms with Gasteiger partial charge in [-0.3, -0.25) is 14.5 Å². The number of rotatable bonds is 3. The first-order valence-electron chi connectivity index (χ1n) is 7.95. The molecule has 0 saturated carbocycles. The largest absolute Gasteiger partial charge is 0.497 e. The maximum atomic E-state index is 12.7. The second-order valence-electron chi connectivity index (χ2n) is 5.94. The molecule has 0 radical (unpaired) electrons. The van der Waals surface area contributed by atoms with Crippen LogP contribution in [0, 0.1) is 0 Å². The van der Waals surface area contributed by atoms with Crippen LogP contribution in [-0.4, -0.2) is 43.0 Å². The van der Waals surface area contributed by atoms with Gasteiger partial charge in [0.05, 0.1) is 25.3 Å². The number of likely N-dealkylation sites (tertiary alicyclic amines) is 1. The quantitative estimate of drug-likeness (QED) is 0.803. The zero-order valence-corrected chi connectivity index (χ0v) is 13.0. The maximum absolute atomic E-state index is 12.7. The van der Waals surface area contributed by atoms with Gasteiger partial charge in [-0.15, -0.1) is 0 Å². The molecule has 0 spiro atoms. The number of carbonyl (C=O) groups excluding carboxylic acids is 2. The molecule has 2 aliphatic rings. The minimum atomic E-state index is -0.285. The summed E-state index contributed by atoms with van der Waals surface area (Å²) in [5.74, 6) is 0.522. The molecule has 1 aromatic rings. The van der Waals surface area contributed by atoms with E-state index in [4.69, 9.17) is 4.74 Å². The molecule has 0 aliphatic carbocycles. The topological polar surface area (TPSA) is 49.9 Å². The fourth-order valence-electron chi connectivity index (χ4n) is 3.31. The van der Waals surface area contributed by atoms with Crippen LogP contribution in [0.25, 0.3) is 0 Å². The molecule has 22 heavy (non-hydrogen) atoms. The predicted octanol–water partition coefficient (Wildman–Crippen LogP) is 2.20. The van der Waals surface area contributed by atoms with Gasteiger partial charge in [0.2, 0.25) is 5.91 Å². The van der Waals surface area contributed by atoms with Crippen LogP contribution in [0.1, 0.15) is 32.1 Å². The van der Waals surface area contributed by atoms with Crippen LogP contribution in [-0.2, 0) is 9.59 Å². The molecular weight excluding hydrogens is 280 g/mol. The normalized spacial score (nSPS) is 23.7. The Morgan fingerprint density at radius 2 is 1.64 bits per heavy atom. The molecule has 3 rings (SSSR count). The number of benzene rings is 1. The number of hydrogen-bond donors (Lipinski definition) is 0. The van der Waals surface area contributed by atoms with Crippen molar-refractivity contribution in [3.63, 3.8) is 0 Å². The highest BCUT2D eigenvalue weighted by Gasteiger charge is 2.42. The molecule has 2 fully saturated rings. The molecule has 2 aliphatic heterocycles. The zero-order chi connectivity index (χ0) is 15.5. The summed E-state index contributed by atoms with van der Waals surface area (Å²) in [5.41, 5.74) is 0.633. The van der Waals surface area contributed by atoms with Crippen LogP contribution in [0.15, 0.2) is 24.3 Å². The van der Waals surface area contributed by atoms with Crippen LogP contribution in [0.3, 0.4) is 0 Å². The van der Waals surface area contributed by atoms with Gasteiger partial charge in [-0.2, -0.15) is 0 Å². The van der Waals surface area contributed by atoms with Gasteiger partial charge in [-0.05, 0) is 50.2 Å². The molecular formula is C17H22N2O3. The lowest BCUT2D eigenvalue weighted by Crippen LogP contribution is -2.42. The number of carbonyl (C=O) groups is 2. The third kappa shape index (κ3) is 2.86. The van der Waals surface area contributed by atoms with Gasteiger partial charge < -0.3 is 4.74 Å². The molecule has 5 heteroatoms. The van der Waals surface area contributed by atoms with E-state index in [1.807, 2.05) is 0 Å². The lowest BCUT2D eigenvalue weighted by Gasteiger charge is -2.25. The zero-order valence-electron chi connectivity index (χ0n) is 13.0. The van der Waals surface area contributed by atoms with E-state index < -0.39 is 0 Å². The van der Waals surface area contributed by atoms with E-state index in [0.29, 0.717) is 17.9 Å². The van der Waals surface area contributed by atoms with Crippen LogP contribution < -0.4 is 9.64 Å². The minimum absolute atomic E-state index is 0.0860. The number of ether oxygens (including phenoxy) is 1. The molecule has 5 nitrogen and oxygen atoms in total. The van der Waals surface area contributed by atoms with Crippen molar-refractivity contribution >= 4 is 17.5 Å². The fraction of sp³-hybridized carbons (Fsp3) is 0.529. The summed E-state index contributed by atoms with van der Waals surface area (Å²) in [5, 5.41) is 0. The number of nitrogens with zero attached hydrogens (tertiary/aromatic N) is 2. The standard InChI is InChI=1S/C17H22N2O3/c1-22-14-8-6-13(7-9-14)19-16(20)12-15(17(19)21)18-10-4-2-3-5-11-18/h6-9,15H,2-5,10-12H2,1H3. The third-order valence-electron chi connectivity index (χ3n) is 4.53. The molecule has 1 atom stereocenters. The maximum Gasteiger partial charge on any atom is 0.251 e. The van der Waals surface area contributed by atoms with E-state index in [2.05, 4.69) is 4.90 Å². The summed E-state index contributed by atoms with van der Waals surface area (Å²) in [6.45, 7) is 1.83. The summed E-state index contributed by atoms with van der Waals surface area (Å²) in [7, 11) is 1.59. The van der Waals surface area contributed by atoms with E-state index in [0.717, 1.165) is 25.9 Å². The third-order valence-corrected chi connectivity index (χ3v) is 4.53. The molecule has 2 amide bonds. The number of anilines is 1. The summed E-state index contributed by atoms with van der Waals surface area (Å²) < 4.78 is 5.12. The molecule has 2 saturated heterocycles. The summed E-state index contributed by atoms with van der Waals surface area (Å²) in [6.07, 6.45) is 4.95. The van der Waals surface area contributed by atoms with Crippen molar-refractivity contribution in [1.82, 2.24) is 4.90 Å². The van der Waals surface area contributed by atoms with Gasteiger partial charge in [0.1, 0.15) is 5.75 Å². The van der Waals surface area contributed by atoms with E-state index in [1.165, 1.54) is 17.7 Å². The molecule has 2 heterocycles. The van der Waals surface area contributed by atoms with Crippen molar-refractivity contribution in [2.24, 2.45) is 0 Å². The highest BCUT2D eigenvalue weighted by Crippen LogP contribution is 2.28. The van der Waals surface area contributed by atoms with Crippen molar-refractivity contribution in [2.45, 2.75) is 38.1 Å². The van der Waals surface area contributed by atoms with Crippen molar-refractivity contribution in [3.8, 4) is 5.75 Å². The van der Waals surface area contributed by atoms with Crippen LogP contribution >= 0.6 is 0 Å². The molecule has 0 bridgehead atoms. The number of hydrogen-bond acceptors (Lipinski definition) is 4. The monoisotopic (exact) mass is 302 g/mol. The van der Waals surface area contributed by atoms with Crippen molar-refractivity contribution in [3.05, 3.63) is 24.3 Å². The first kappa shape index (κ1) is 15.0. The van der Waals surface area contributed by atoms with Crippen molar-refractivity contribution in [2.75, 3.05) is 25.1 Å². The smallest absolute Gasteiger partial charge is 0.251 e. The van der Waals surface area contributed by atoms with Gasteiger partial charge in [-0.1, -0.05) is 12.8 Å². The number of methoxy groups -OCH3 is 1. The van der Waals surface area contributed by atoms with E-state index in [9.17, 15) is 9.59 Å². The van der Waals surface area contributed by atoms with Crippen LogP contribution in [0.5, 0.6) is 5.75 Å². The van der Waals surface area contributed by atoms with Crippen molar-refractivity contribution in [1.29, 1.82) is 0 Å². The first-order chi connectivity index (χ1) is 10.7. The number of amides is 2. The SMILES string of the molecule is COc1ccc(N2C(=O)CC(N3CCCCCC3)C2=O)cc1. The Hall–Kier alpha value is -1.88. The van der Waals surface area contributed by atoms with Gasteiger partial charge in [-0.25, -0.2) is 4.90 Å². The van der Waals surface area contributed by atoms with Gasteiger partial charge in [0.15, 0.2) is 0 Å². The van der Waals surface area contributed by atoms with Gasteiger partial charge in [0, 0.05) is 0 Å². The lowest BCUT2D eigenvalue weighted by molar-refractivity contribution is -0.122. The predicted molar refractivity (Wildman–Crippen MR) is 83.9 cm³/mol. The van der Waals surface area contributed by atoms with E-state index >= 15 is 0 Å². The minimum Gasteiger partial charge on any atom is -0.497 e. The summed E-state index contributed by atoms with van der Waals surface area (Å²) >= 11 is 0. The Balaban J connectivity index is 1.78. The lowest BCUT2D eigenvalue weighted by atomic mass is 10.2. The highest BCUT2D eigenvalue weighted by atomic mass is 16.5. The van der Waals surface area contributed by atoms with E-state index in [1.54, 1.807) is 31.4 Å². The van der Waals surface area contributed by atoms with E-state index in [-0.39, 0.29) is 17.9 Å². The van der Waals surface area contributed by atoms with Crippen LogP contribution in [0.2, 0.25) is 0 Å². The summed E-state index contributed by atoms with van der Waals surface area (Å²) in [4.78, 5) is 28.6. The Morgan fingerprint density at radius 3 is 2.23 bits per heavy atom. The van der Waals surface area contributed by atoms with Gasteiger partial charge >= 0.3 is 0 Å².